The predicted molar refractivity (Wildman–Crippen MR) is 712 cm³/mol. The Hall–Kier alpha value is -3.75. The number of methoxy groups -OCH3 is 4. The quantitative estimate of drug-likeness (QED) is 0.130. The fourth-order valence-corrected chi connectivity index (χ4v) is 11.0. The molecule has 6 unspecified atom stereocenters. The molecule has 127 heavy (non-hydrogen) atoms. The van der Waals surface area contributed by atoms with Gasteiger partial charge in [-0.1, -0.05) is 611 Å². The van der Waals surface area contributed by atoms with Crippen LogP contribution in [0.1, 0.15) is 535 Å². The maximum absolute atomic E-state index is 12.5. The second-order valence-corrected chi connectivity index (χ2v) is 21.3. The van der Waals surface area contributed by atoms with E-state index in [1.54, 1.807) is 34.5 Å². The molecule has 5 aromatic carbocycles. The molecule has 0 radical (unpaired) electrons. The molecule has 0 saturated carbocycles. The van der Waals surface area contributed by atoms with Crippen LogP contribution in [0.3, 0.4) is 0 Å². The number of hydrogen-bond donors (Lipinski definition) is 0. The van der Waals surface area contributed by atoms with E-state index in [1.807, 2.05) is 108 Å². The minimum atomic E-state index is -0.374. The minimum absolute atomic E-state index is 0. The van der Waals surface area contributed by atoms with Gasteiger partial charge in [0.15, 0.2) is 0 Å². The topological polar surface area (TPSA) is 77.5 Å². The van der Waals surface area contributed by atoms with Crippen LogP contribution in [0, 0.1) is 12.8 Å². The highest BCUT2D eigenvalue weighted by atomic mass is 35.5. The number of carbonyl (C=O) groups is 2. The SMILES string of the molecule is C.C.C.C.C.C.C.C.C.C.C.C.C.C.C.C.C.C.C.C.C.C.C.C.C.C.C.C.C.C.C.C.C.C.C.C.C.C.C.C.C.C.C.C.C.C.C.C.C.C.C.C.C.C.C.C.C.C.C.C.C.C.C.C.C.C.C.COc1cccc(-c2cccc(C)c2)c1.COc1cccc(C2(C)CCN(PPC)C2=O)c1.COc1cccc(Cl)c1.COc1ccccc1.CPPN1CCC(C)C1=O. The Morgan fingerprint density at radius 2 is 0.543 bits per heavy atom. The zero-order valence-corrected chi connectivity index (χ0v) is 41.0. The highest BCUT2D eigenvalue weighted by molar-refractivity contribution is 8.10. The van der Waals surface area contributed by atoms with Crippen LogP contribution in [0.4, 0.5) is 0 Å². The van der Waals surface area contributed by atoms with E-state index in [0.29, 0.717) is 25.3 Å². The molecule has 7 rings (SSSR count). The summed E-state index contributed by atoms with van der Waals surface area (Å²) in [6.45, 7) is 12.3. The summed E-state index contributed by atoms with van der Waals surface area (Å²) >= 11 is 5.64. The van der Waals surface area contributed by atoms with E-state index in [4.69, 9.17) is 30.5 Å². The summed E-state index contributed by atoms with van der Waals surface area (Å²) in [6, 6.07) is 41.4. The zero-order chi connectivity index (χ0) is 43.9. The summed E-state index contributed by atoms with van der Waals surface area (Å²) in [6.07, 6.45) is 1.97. The number of para-hydroxylation sites is 1. The summed E-state index contributed by atoms with van der Waals surface area (Å²) in [4.78, 5) is 23.7. The molecule has 2 saturated heterocycles. The van der Waals surface area contributed by atoms with E-state index in [0.717, 1.165) is 79.5 Å². The van der Waals surface area contributed by atoms with E-state index in [-0.39, 0.29) is 509 Å². The first-order valence-electron chi connectivity index (χ1n) is 19.6. The van der Waals surface area contributed by atoms with Gasteiger partial charge in [-0.05, 0) is 111 Å². The monoisotopic (exact) mass is 1980 g/mol. The normalized spacial score (nSPS) is 8.13. The van der Waals surface area contributed by atoms with Gasteiger partial charge >= 0.3 is 0 Å². The molecule has 858 valence electrons. The van der Waals surface area contributed by atoms with Gasteiger partial charge in [0.1, 0.15) is 23.0 Å². The first kappa shape index (κ1) is 543. The molecule has 13 heteroatoms. The Labute approximate surface area is 864 Å². The molecule has 0 N–H and O–H groups in total. The van der Waals surface area contributed by atoms with Crippen molar-refractivity contribution in [3.05, 3.63) is 144 Å². The molecular formula is C114H329ClN2O6P4. The van der Waals surface area contributed by atoms with Gasteiger partial charge in [-0.15, -0.1) is 0 Å². The maximum Gasteiger partial charge on any atom is 0.236 e. The van der Waals surface area contributed by atoms with Gasteiger partial charge in [-0.3, -0.25) is 9.59 Å². The van der Waals surface area contributed by atoms with Crippen molar-refractivity contribution in [1.29, 1.82) is 0 Å². The molecule has 0 aliphatic carbocycles. The average molecular weight is 1980 g/mol. The Morgan fingerprint density at radius 3 is 0.787 bits per heavy atom. The van der Waals surface area contributed by atoms with Crippen molar-refractivity contribution in [1.82, 2.24) is 9.34 Å². The molecular weight excluding hydrogens is 1650 g/mol. The molecule has 0 aromatic heterocycles. The lowest BCUT2D eigenvalue weighted by atomic mass is 9.81. The molecule has 2 aliphatic heterocycles. The van der Waals surface area contributed by atoms with Crippen LogP contribution in [0.15, 0.2) is 127 Å². The van der Waals surface area contributed by atoms with Gasteiger partial charge in [-0.25, -0.2) is 0 Å². The number of halogens is 1. The lowest BCUT2D eigenvalue weighted by Crippen LogP contribution is -2.31. The molecule has 5 aromatic rings. The Bertz CT molecular complexity index is 2060. The second-order valence-electron chi connectivity index (χ2n) is 14.0. The summed E-state index contributed by atoms with van der Waals surface area (Å²) in [5.74, 6) is 4.35. The van der Waals surface area contributed by atoms with Crippen molar-refractivity contribution in [3.63, 3.8) is 0 Å². The van der Waals surface area contributed by atoms with Crippen LogP contribution in [-0.4, -0.2) is 76.0 Å². The first-order chi connectivity index (χ1) is 28.9. The van der Waals surface area contributed by atoms with Gasteiger partial charge in [0.05, 0.1) is 33.9 Å². The summed E-state index contributed by atoms with van der Waals surface area (Å²) in [5, 5.41) is 0.703. The summed E-state index contributed by atoms with van der Waals surface area (Å²) in [5.41, 5.74) is 4.39. The first-order valence-corrected chi connectivity index (χ1v) is 26.9. The van der Waals surface area contributed by atoms with Gasteiger partial charge in [0.25, 0.3) is 0 Å². The third-order valence-electron chi connectivity index (χ3n) is 9.66. The van der Waals surface area contributed by atoms with Crippen molar-refractivity contribution in [2.24, 2.45) is 5.92 Å². The maximum atomic E-state index is 12.5. The molecule has 2 heterocycles. The highest BCUT2D eigenvalue weighted by Gasteiger charge is 2.44. The lowest BCUT2D eigenvalue weighted by Gasteiger charge is -2.24. The van der Waals surface area contributed by atoms with Crippen molar-refractivity contribution < 1.29 is 28.5 Å². The molecule has 6 atom stereocenters. The number of nitrogens with zero attached hydrogens (tertiary/aromatic N) is 2. The Morgan fingerprint density at radius 1 is 0.299 bits per heavy atom. The number of aryl methyl sites for hydroxylation is 1. The number of rotatable bonds is 10. The van der Waals surface area contributed by atoms with Gasteiger partial charge < -0.3 is 28.3 Å². The third kappa shape index (κ3) is 187. The number of benzene rings is 5. The van der Waals surface area contributed by atoms with E-state index in [2.05, 4.69) is 56.7 Å². The Balaban J connectivity index is -0.00000000537. The standard InChI is InChI=1S/C14H14O.C13H19NO2P2.C7H7ClO.C7H8O.C6H13NOP2.67CH4/c1-11-5-3-6-12(9-11)13-7-4-8-14(10-13)15-2;1-13(7-8-14(12(13)15)18-17-3)10-5-4-6-11(9-10)16-2;1-9-7-4-2-3-6(8)5-7;1-8-7-5-3-2-4-6-7;1-5-3-4-7(6(5)8)10-9-2;;;;;;;;;;;;;;;;;;;;;;;;;;;;;;;;;;;;;;;;;;;;;;;;;;;;;;;;;;;;;;;;;;;/h3-10H,1-2H3;4-6,9,17-18H,7-8H2,1-3H3;2-5H,1H3;2-6H,1H3;5,9-10H,3-4H2,1-2H3;67*1H4. The largest absolute Gasteiger partial charge is 0.497 e. The number of hydrogen-bond acceptors (Lipinski definition) is 6. The fraction of sp³-hybridized carbons (Fsp3) is 0.719. The van der Waals surface area contributed by atoms with Crippen LogP contribution < -0.4 is 18.9 Å². The number of carbonyl (C=O) groups excluding carboxylic acids is 2. The number of amides is 2. The predicted octanol–water partition coefficient (Wildman–Crippen LogP) is 55.0. The van der Waals surface area contributed by atoms with E-state index in [9.17, 15) is 9.59 Å². The van der Waals surface area contributed by atoms with Crippen molar-refractivity contribution in [2.45, 2.75) is 537 Å². The molecule has 8 nitrogen and oxygen atoms in total. The third-order valence-corrected chi connectivity index (χ3v) is 14.7. The average Bonchev–Trinajstić information content (AvgIpc) is 1.62. The lowest BCUT2D eigenvalue weighted by molar-refractivity contribution is -0.128. The molecule has 0 spiro atoms. The fourth-order valence-electron chi connectivity index (χ4n) is 6.16. The molecule has 0 bridgehead atoms. The van der Waals surface area contributed by atoms with Crippen LogP contribution in [0.25, 0.3) is 11.1 Å². The van der Waals surface area contributed by atoms with Crippen molar-refractivity contribution >= 4 is 56.8 Å². The highest BCUT2D eigenvalue weighted by Crippen LogP contribution is 2.46. The van der Waals surface area contributed by atoms with Gasteiger partial charge in [0.2, 0.25) is 11.8 Å². The van der Waals surface area contributed by atoms with E-state index in [1.165, 1.54) is 16.7 Å². The van der Waals surface area contributed by atoms with Crippen LogP contribution >= 0.6 is 45.0 Å². The zero-order valence-electron chi connectivity index (χ0n) is 36.3. The van der Waals surface area contributed by atoms with Crippen molar-refractivity contribution in [3.8, 4) is 34.1 Å². The minimum Gasteiger partial charge on any atom is -0.497 e. The van der Waals surface area contributed by atoms with E-state index < -0.39 is 0 Å². The second kappa shape index (κ2) is 301. The summed E-state index contributed by atoms with van der Waals surface area (Å²) in [7, 11) is 9.73. The Kier molecular flexibility index (Phi) is 1290. The van der Waals surface area contributed by atoms with Crippen LogP contribution in [0.5, 0.6) is 23.0 Å². The van der Waals surface area contributed by atoms with Crippen LogP contribution in [0.2, 0.25) is 5.02 Å². The smallest absolute Gasteiger partial charge is 0.236 e. The molecule has 2 aliphatic rings. The van der Waals surface area contributed by atoms with E-state index >= 15 is 0 Å². The van der Waals surface area contributed by atoms with Crippen LogP contribution in [-0.2, 0) is 15.0 Å². The molecule has 2 fully saturated rings. The van der Waals surface area contributed by atoms with Gasteiger partial charge in [-0.2, -0.15) is 0 Å². The van der Waals surface area contributed by atoms with Gasteiger partial charge in [0, 0.05) is 40.9 Å². The summed E-state index contributed by atoms with van der Waals surface area (Å²) < 4.78 is 24.3. The molecule has 2 amide bonds. The van der Waals surface area contributed by atoms with Crippen molar-refractivity contribution in [2.75, 3.05) is 54.9 Å². The number of ether oxygens (including phenoxy) is 4.